The third kappa shape index (κ3) is 3.21. The lowest BCUT2D eigenvalue weighted by atomic mass is 9.98. The van der Waals surface area contributed by atoms with Gasteiger partial charge in [-0.05, 0) is 38.1 Å². The zero-order valence-corrected chi connectivity index (χ0v) is 13.3. The molecular weight excluding hydrogens is 323 g/mol. The SMILES string of the molecule is CN1CC(NC(=O)c2ccc3nnn(C)c3c2)CCC1C(F)(F)F. The number of halogens is 3. The van der Waals surface area contributed by atoms with Gasteiger partial charge >= 0.3 is 6.18 Å². The number of fused-ring (bicyclic) bond motifs is 1. The first kappa shape index (κ1) is 16.7. The van der Waals surface area contributed by atoms with Gasteiger partial charge in [0.15, 0.2) is 0 Å². The van der Waals surface area contributed by atoms with Gasteiger partial charge in [-0.15, -0.1) is 5.10 Å². The summed E-state index contributed by atoms with van der Waals surface area (Å²) in [5, 5.41) is 10.6. The van der Waals surface area contributed by atoms with Crippen molar-refractivity contribution >= 4 is 16.9 Å². The number of aryl methyl sites for hydroxylation is 1. The monoisotopic (exact) mass is 341 g/mol. The van der Waals surface area contributed by atoms with Crippen LogP contribution in [0.3, 0.4) is 0 Å². The normalized spacial score (nSPS) is 22.7. The van der Waals surface area contributed by atoms with E-state index in [-0.39, 0.29) is 24.9 Å². The van der Waals surface area contributed by atoms with Crippen LogP contribution in [0.25, 0.3) is 11.0 Å². The van der Waals surface area contributed by atoms with Crippen LogP contribution in [0, 0.1) is 0 Å². The van der Waals surface area contributed by atoms with Crippen LogP contribution in [0.4, 0.5) is 13.2 Å². The average molecular weight is 341 g/mol. The Morgan fingerprint density at radius 2 is 2.04 bits per heavy atom. The third-order valence-electron chi connectivity index (χ3n) is 4.41. The number of rotatable bonds is 2. The van der Waals surface area contributed by atoms with Crippen molar-refractivity contribution in [2.24, 2.45) is 7.05 Å². The van der Waals surface area contributed by atoms with Crippen LogP contribution in [-0.4, -0.2) is 57.7 Å². The lowest BCUT2D eigenvalue weighted by Gasteiger charge is -2.38. The van der Waals surface area contributed by atoms with Crippen LogP contribution in [0.2, 0.25) is 0 Å². The molecule has 0 radical (unpaired) electrons. The summed E-state index contributed by atoms with van der Waals surface area (Å²) in [6.45, 7) is 0.172. The van der Waals surface area contributed by atoms with Gasteiger partial charge in [-0.25, -0.2) is 4.68 Å². The summed E-state index contributed by atoms with van der Waals surface area (Å²) < 4.78 is 40.1. The van der Waals surface area contributed by atoms with Crippen molar-refractivity contribution in [3.63, 3.8) is 0 Å². The number of benzene rings is 1. The molecule has 1 saturated heterocycles. The summed E-state index contributed by atoms with van der Waals surface area (Å²) in [6.07, 6.45) is -3.95. The first-order valence-corrected chi connectivity index (χ1v) is 7.63. The Bertz CT molecular complexity index is 757. The highest BCUT2D eigenvalue weighted by atomic mass is 19.4. The molecule has 9 heteroatoms. The number of alkyl halides is 3. The molecule has 0 aliphatic carbocycles. The topological polar surface area (TPSA) is 63.1 Å². The van der Waals surface area contributed by atoms with Gasteiger partial charge in [-0.1, -0.05) is 5.21 Å². The molecule has 2 atom stereocenters. The predicted octanol–water partition coefficient (Wildman–Crippen LogP) is 1.72. The van der Waals surface area contributed by atoms with E-state index in [9.17, 15) is 18.0 Å². The van der Waals surface area contributed by atoms with Crippen LogP contribution in [0.15, 0.2) is 18.2 Å². The first-order chi connectivity index (χ1) is 11.3. The molecule has 1 N–H and O–H groups in total. The summed E-state index contributed by atoms with van der Waals surface area (Å²) in [5.74, 6) is -0.304. The Labute approximate surface area is 136 Å². The van der Waals surface area contributed by atoms with Crippen molar-refractivity contribution in [3.05, 3.63) is 23.8 Å². The molecule has 3 rings (SSSR count). The van der Waals surface area contributed by atoms with E-state index in [1.165, 1.54) is 11.9 Å². The highest BCUT2D eigenvalue weighted by Crippen LogP contribution is 2.30. The van der Waals surface area contributed by atoms with Gasteiger partial charge in [-0.2, -0.15) is 13.2 Å². The lowest BCUT2D eigenvalue weighted by molar-refractivity contribution is -0.188. The zero-order chi connectivity index (χ0) is 17.5. The summed E-state index contributed by atoms with van der Waals surface area (Å²) in [6, 6.07) is 3.26. The minimum Gasteiger partial charge on any atom is -0.348 e. The van der Waals surface area contributed by atoms with Gasteiger partial charge in [0, 0.05) is 25.2 Å². The predicted molar refractivity (Wildman–Crippen MR) is 81.5 cm³/mol. The fourth-order valence-electron chi connectivity index (χ4n) is 3.12. The molecule has 0 bridgehead atoms. The van der Waals surface area contributed by atoms with Gasteiger partial charge in [0.25, 0.3) is 5.91 Å². The van der Waals surface area contributed by atoms with Crippen LogP contribution < -0.4 is 5.32 Å². The average Bonchev–Trinajstić information content (AvgIpc) is 2.87. The quantitative estimate of drug-likeness (QED) is 0.904. The third-order valence-corrected chi connectivity index (χ3v) is 4.41. The standard InChI is InChI=1S/C15H18F3N5O/c1-22-8-10(4-6-13(22)15(16,17)18)19-14(24)9-3-5-11-12(7-9)23(2)21-20-11/h3,5,7,10,13H,4,6,8H2,1-2H3,(H,19,24). The van der Waals surface area contributed by atoms with Crippen molar-refractivity contribution in [2.75, 3.05) is 13.6 Å². The number of piperidine rings is 1. The Kier molecular flexibility index (Phi) is 4.20. The summed E-state index contributed by atoms with van der Waals surface area (Å²) in [7, 11) is 3.16. The van der Waals surface area contributed by atoms with Crippen LogP contribution in [-0.2, 0) is 7.05 Å². The van der Waals surface area contributed by atoms with Crippen LogP contribution >= 0.6 is 0 Å². The molecule has 24 heavy (non-hydrogen) atoms. The fraction of sp³-hybridized carbons (Fsp3) is 0.533. The second kappa shape index (κ2) is 6.04. The van der Waals surface area contributed by atoms with Gasteiger partial charge in [0.2, 0.25) is 0 Å². The highest BCUT2D eigenvalue weighted by Gasteiger charge is 2.44. The first-order valence-electron chi connectivity index (χ1n) is 7.63. The Balaban J connectivity index is 1.67. The molecule has 2 unspecified atom stereocenters. The molecule has 0 saturated carbocycles. The van der Waals surface area contributed by atoms with Crippen molar-refractivity contribution in [2.45, 2.75) is 31.1 Å². The molecule has 0 spiro atoms. The Hall–Kier alpha value is -2.16. The number of nitrogens with one attached hydrogen (secondary N) is 1. The largest absolute Gasteiger partial charge is 0.404 e. The van der Waals surface area contributed by atoms with Gasteiger partial charge < -0.3 is 5.32 Å². The number of likely N-dealkylation sites (N-methyl/N-ethyl adjacent to an activating group) is 1. The molecule has 1 amide bonds. The molecule has 2 heterocycles. The molecule has 1 aromatic heterocycles. The maximum atomic E-state index is 12.9. The molecule has 130 valence electrons. The number of hydrogen-bond acceptors (Lipinski definition) is 4. The molecule has 2 aromatic rings. The van der Waals surface area contributed by atoms with E-state index in [0.29, 0.717) is 17.5 Å². The molecule has 1 aliphatic heterocycles. The number of hydrogen-bond donors (Lipinski definition) is 1. The van der Waals surface area contributed by atoms with E-state index < -0.39 is 12.2 Å². The minimum atomic E-state index is -4.23. The van der Waals surface area contributed by atoms with E-state index >= 15 is 0 Å². The van der Waals surface area contributed by atoms with Gasteiger partial charge in [-0.3, -0.25) is 9.69 Å². The Morgan fingerprint density at radius 1 is 1.29 bits per heavy atom. The second-order valence-electron chi connectivity index (χ2n) is 6.16. The molecular formula is C15H18F3N5O. The summed E-state index contributed by atoms with van der Waals surface area (Å²) in [4.78, 5) is 13.6. The summed E-state index contributed by atoms with van der Waals surface area (Å²) >= 11 is 0. The smallest absolute Gasteiger partial charge is 0.348 e. The fourth-order valence-corrected chi connectivity index (χ4v) is 3.12. The summed E-state index contributed by atoms with van der Waals surface area (Å²) in [5.41, 5.74) is 1.84. The van der Waals surface area contributed by atoms with E-state index in [0.717, 1.165) is 5.52 Å². The number of carbonyl (C=O) groups is 1. The van der Waals surface area contributed by atoms with Crippen molar-refractivity contribution in [3.8, 4) is 0 Å². The van der Waals surface area contributed by atoms with Crippen molar-refractivity contribution in [1.29, 1.82) is 0 Å². The molecule has 1 fully saturated rings. The maximum absolute atomic E-state index is 12.9. The molecule has 1 aromatic carbocycles. The minimum absolute atomic E-state index is 0.0182. The van der Waals surface area contributed by atoms with E-state index in [1.54, 1.807) is 29.9 Å². The van der Waals surface area contributed by atoms with E-state index in [2.05, 4.69) is 15.6 Å². The van der Waals surface area contributed by atoms with Crippen LogP contribution in [0.5, 0.6) is 0 Å². The zero-order valence-electron chi connectivity index (χ0n) is 13.3. The number of aromatic nitrogens is 3. The number of likely N-dealkylation sites (tertiary alicyclic amines) is 1. The lowest BCUT2D eigenvalue weighted by Crippen LogP contribution is -2.54. The molecule has 6 nitrogen and oxygen atoms in total. The second-order valence-corrected chi connectivity index (χ2v) is 6.16. The molecule has 1 aliphatic rings. The number of carbonyl (C=O) groups excluding carboxylic acids is 1. The maximum Gasteiger partial charge on any atom is 0.404 e. The van der Waals surface area contributed by atoms with Crippen LogP contribution in [0.1, 0.15) is 23.2 Å². The van der Waals surface area contributed by atoms with Crippen molar-refractivity contribution in [1.82, 2.24) is 25.2 Å². The Morgan fingerprint density at radius 3 is 2.71 bits per heavy atom. The van der Waals surface area contributed by atoms with Gasteiger partial charge in [0.1, 0.15) is 11.6 Å². The highest BCUT2D eigenvalue weighted by molar-refractivity contribution is 5.97. The van der Waals surface area contributed by atoms with E-state index in [4.69, 9.17) is 0 Å². The van der Waals surface area contributed by atoms with Crippen molar-refractivity contribution < 1.29 is 18.0 Å². The van der Waals surface area contributed by atoms with E-state index in [1.807, 2.05) is 0 Å². The van der Waals surface area contributed by atoms with Gasteiger partial charge in [0.05, 0.1) is 5.52 Å². The number of nitrogens with zero attached hydrogens (tertiary/aromatic N) is 4. The number of amides is 1.